The largest absolute Gasteiger partial charge is 0.364 e. The quantitative estimate of drug-likeness (QED) is 0.859. The van der Waals surface area contributed by atoms with E-state index in [0.29, 0.717) is 0 Å². The SMILES string of the molecule is O=C1NCC2C1CCCN2c1ccnc2cc(Br)cnc12. The number of nitrogens with zero attached hydrogens (tertiary/aromatic N) is 3. The highest BCUT2D eigenvalue weighted by molar-refractivity contribution is 9.10. The lowest BCUT2D eigenvalue weighted by Crippen LogP contribution is -2.45. The van der Waals surface area contributed by atoms with Crippen molar-refractivity contribution in [2.45, 2.75) is 18.9 Å². The minimum atomic E-state index is 0.109. The van der Waals surface area contributed by atoms with Gasteiger partial charge in [-0.3, -0.25) is 14.8 Å². The van der Waals surface area contributed by atoms with Gasteiger partial charge in [-0.05, 0) is 40.9 Å². The number of carbonyl (C=O) groups excluding carboxylic acids is 1. The van der Waals surface area contributed by atoms with E-state index >= 15 is 0 Å². The molecule has 21 heavy (non-hydrogen) atoms. The van der Waals surface area contributed by atoms with E-state index in [0.717, 1.165) is 47.1 Å². The zero-order valence-corrected chi connectivity index (χ0v) is 13.0. The third-order valence-electron chi connectivity index (χ3n) is 4.43. The van der Waals surface area contributed by atoms with Gasteiger partial charge in [-0.1, -0.05) is 0 Å². The van der Waals surface area contributed by atoms with Gasteiger partial charge in [0.25, 0.3) is 0 Å². The third-order valence-corrected chi connectivity index (χ3v) is 4.87. The van der Waals surface area contributed by atoms with Crippen LogP contribution in [0.1, 0.15) is 12.8 Å². The number of rotatable bonds is 1. The van der Waals surface area contributed by atoms with Gasteiger partial charge in [0.2, 0.25) is 5.91 Å². The number of nitrogens with one attached hydrogen (secondary N) is 1. The zero-order valence-electron chi connectivity index (χ0n) is 11.4. The van der Waals surface area contributed by atoms with E-state index in [9.17, 15) is 4.79 Å². The first-order chi connectivity index (χ1) is 10.2. The van der Waals surface area contributed by atoms with Gasteiger partial charge in [-0.15, -0.1) is 0 Å². The van der Waals surface area contributed by atoms with Gasteiger partial charge in [0, 0.05) is 30.0 Å². The van der Waals surface area contributed by atoms with Gasteiger partial charge in [0.15, 0.2) is 0 Å². The van der Waals surface area contributed by atoms with Crippen molar-refractivity contribution >= 4 is 38.6 Å². The number of pyridine rings is 2. The first-order valence-electron chi connectivity index (χ1n) is 7.18. The van der Waals surface area contributed by atoms with Crippen LogP contribution < -0.4 is 10.2 Å². The molecule has 0 aliphatic carbocycles. The molecule has 1 amide bonds. The fraction of sp³-hybridized carbons (Fsp3) is 0.400. The first kappa shape index (κ1) is 13.0. The minimum Gasteiger partial charge on any atom is -0.364 e. The van der Waals surface area contributed by atoms with Crippen molar-refractivity contribution in [2.75, 3.05) is 18.0 Å². The Morgan fingerprint density at radius 2 is 2.29 bits per heavy atom. The van der Waals surface area contributed by atoms with Crippen LogP contribution in [0.5, 0.6) is 0 Å². The van der Waals surface area contributed by atoms with Crippen molar-refractivity contribution in [3.05, 3.63) is 29.0 Å². The summed E-state index contributed by atoms with van der Waals surface area (Å²) in [6, 6.07) is 4.22. The van der Waals surface area contributed by atoms with Crippen LogP contribution in [0.4, 0.5) is 5.69 Å². The number of halogens is 1. The van der Waals surface area contributed by atoms with Gasteiger partial charge in [0.1, 0.15) is 5.52 Å². The Labute approximate surface area is 130 Å². The third kappa shape index (κ3) is 2.09. The molecular formula is C15H15BrN4O. The van der Waals surface area contributed by atoms with Crippen LogP contribution in [0.3, 0.4) is 0 Å². The molecule has 0 bridgehead atoms. The second-order valence-corrected chi connectivity index (χ2v) is 6.52. The zero-order chi connectivity index (χ0) is 14.4. The van der Waals surface area contributed by atoms with Crippen LogP contribution in [0.15, 0.2) is 29.0 Å². The first-order valence-corrected chi connectivity index (χ1v) is 7.98. The summed E-state index contributed by atoms with van der Waals surface area (Å²) in [6.07, 6.45) is 5.64. The van der Waals surface area contributed by atoms with Crippen molar-refractivity contribution in [2.24, 2.45) is 5.92 Å². The highest BCUT2D eigenvalue weighted by Gasteiger charge is 2.41. The summed E-state index contributed by atoms with van der Waals surface area (Å²) in [5, 5.41) is 2.99. The maximum absolute atomic E-state index is 11.9. The molecule has 2 aliphatic heterocycles. The normalized spacial score (nSPS) is 25.0. The number of carbonyl (C=O) groups is 1. The predicted molar refractivity (Wildman–Crippen MR) is 84.1 cm³/mol. The lowest BCUT2D eigenvalue weighted by molar-refractivity contribution is -0.122. The summed E-state index contributed by atoms with van der Waals surface area (Å²) in [5.74, 6) is 0.302. The molecule has 0 radical (unpaired) electrons. The number of piperidine rings is 1. The molecule has 5 nitrogen and oxygen atoms in total. The monoisotopic (exact) mass is 346 g/mol. The number of fused-ring (bicyclic) bond motifs is 2. The van der Waals surface area contributed by atoms with Crippen molar-refractivity contribution in [1.29, 1.82) is 0 Å². The smallest absolute Gasteiger partial charge is 0.225 e. The lowest BCUT2D eigenvalue weighted by Gasteiger charge is -2.37. The molecule has 2 saturated heterocycles. The molecule has 2 aliphatic rings. The topological polar surface area (TPSA) is 58.1 Å². The minimum absolute atomic E-state index is 0.109. The molecule has 2 aromatic rings. The number of hydrogen-bond donors (Lipinski definition) is 1. The molecule has 0 aromatic carbocycles. The summed E-state index contributed by atoms with van der Waals surface area (Å²) in [4.78, 5) is 23.2. The summed E-state index contributed by atoms with van der Waals surface area (Å²) >= 11 is 3.44. The van der Waals surface area contributed by atoms with Gasteiger partial charge in [-0.25, -0.2) is 0 Å². The average molecular weight is 347 g/mol. The summed E-state index contributed by atoms with van der Waals surface area (Å²) < 4.78 is 0.925. The molecular weight excluding hydrogens is 332 g/mol. The fourth-order valence-corrected chi connectivity index (χ4v) is 3.79. The van der Waals surface area contributed by atoms with E-state index in [2.05, 4.69) is 36.1 Å². The van der Waals surface area contributed by atoms with Crippen molar-refractivity contribution in [1.82, 2.24) is 15.3 Å². The Balaban J connectivity index is 1.81. The molecule has 1 N–H and O–H groups in total. The highest BCUT2D eigenvalue weighted by Crippen LogP contribution is 2.34. The summed E-state index contributed by atoms with van der Waals surface area (Å²) in [6.45, 7) is 1.69. The second-order valence-electron chi connectivity index (χ2n) is 5.61. The highest BCUT2D eigenvalue weighted by atomic mass is 79.9. The van der Waals surface area contributed by atoms with Crippen molar-refractivity contribution in [3.8, 4) is 0 Å². The maximum Gasteiger partial charge on any atom is 0.225 e. The number of hydrogen-bond acceptors (Lipinski definition) is 4. The molecule has 2 aromatic heterocycles. The Kier molecular flexibility index (Phi) is 3.06. The molecule has 6 heteroatoms. The Morgan fingerprint density at radius 1 is 1.38 bits per heavy atom. The van der Waals surface area contributed by atoms with Crippen LogP contribution in [0, 0.1) is 5.92 Å². The van der Waals surface area contributed by atoms with Crippen LogP contribution in [0.2, 0.25) is 0 Å². The van der Waals surface area contributed by atoms with Crippen molar-refractivity contribution < 1.29 is 4.79 Å². The molecule has 0 spiro atoms. The molecule has 0 saturated carbocycles. The molecule has 4 heterocycles. The standard InChI is InChI=1S/C15H15BrN4O/c16-9-6-11-14(18-7-9)12(3-4-17-11)20-5-1-2-10-13(20)8-19-15(10)21/h3-4,6-7,10,13H,1-2,5,8H2,(H,19,21). The van der Waals surface area contributed by atoms with E-state index in [-0.39, 0.29) is 17.9 Å². The van der Waals surface area contributed by atoms with Gasteiger partial charge < -0.3 is 10.2 Å². The molecule has 2 atom stereocenters. The molecule has 2 unspecified atom stereocenters. The fourth-order valence-electron chi connectivity index (χ4n) is 3.47. The van der Waals surface area contributed by atoms with E-state index < -0.39 is 0 Å². The predicted octanol–water partition coefficient (Wildman–Crippen LogP) is 2.11. The number of aromatic nitrogens is 2. The average Bonchev–Trinajstić information content (AvgIpc) is 2.88. The summed E-state index contributed by atoms with van der Waals surface area (Å²) in [5.41, 5.74) is 2.86. The van der Waals surface area contributed by atoms with Crippen LogP contribution in [0.25, 0.3) is 11.0 Å². The van der Waals surface area contributed by atoms with Gasteiger partial charge >= 0.3 is 0 Å². The van der Waals surface area contributed by atoms with E-state index in [1.54, 1.807) is 6.20 Å². The Hall–Kier alpha value is -1.69. The maximum atomic E-state index is 11.9. The summed E-state index contributed by atoms with van der Waals surface area (Å²) in [7, 11) is 0. The lowest BCUT2D eigenvalue weighted by atomic mass is 9.91. The molecule has 4 rings (SSSR count). The number of anilines is 1. The van der Waals surface area contributed by atoms with Crippen LogP contribution >= 0.6 is 15.9 Å². The van der Waals surface area contributed by atoms with E-state index in [1.165, 1.54) is 0 Å². The Bertz CT molecular complexity index is 720. The molecule has 2 fully saturated rings. The van der Waals surface area contributed by atoms with Gasteiger partial charge in [0.05, 0.1) is 23.2 Å². The van der Waals surface area contributed by atoms with Gasteiger partial charge in [-0.2, -0.15) is 0 Å². The van der Waals surface area contributed by atoms with E-state index in [4.69, 9.17) is 0 Å². The number of amides is 1. The van der Waals surface area contributed by atoms with Crippen molar-refractivity contribution in [3.63, 3.8) is 0 Å². The second kappa shape index (κ2) is 4.94. The van der Waals surface area contributed by atoms with E-state index in [1.807, 2.05) is 18.3 Å². The Morgan fingerprint density at radius 3 is 3.19 bits per heavy atom. The van der Waals surface area contributed by atoms with Crippen LogP contribution in [-0.2, 0) is 4.79 Å². The van der Waals surface area contributed by atoms with Crippen LogP contribution in [-0.4, -0.2) is 35.0 Å². The molecule has 108 valence electrons.